The number of anilines is 1. The fraction of sp³-hybridized carbons (Fsp3) is 0.500. The van der Waals surface area contributed by atoms with E-state index < -0.39 is 29.4 Å². The van der Waals surface area contributed by atoms with Gasteiger partial charge in [-0.2, -0.15) is 15.0 Å². The predicted molar refractivity (Wildman–Crippen MR) is 127 cm³/mol. The molecule has 0 aliphatic heterocycles. The summed E-state index contributed by atoms with van der Waals surface area (Å²) in [6.07, 6.45) is 0.400. The van der Waals surface area contributed by atoms with Crippen molar-refractivity contribution in [1.82, 2.24) is 24.5 Å². The van der Waals surface area contributed by atoms with E-state index in [0.29, 0.717) is 29.9 Å². The van der Waals surface area contributed by atoms with E-state index in [9.17, 15) is 23.1 Å². The molecule has 2 aromatic heterocycles. The van der Waals surface area contributed by atoms with Gasteiger partial charge < -0.3 is 20.1 Å². The number of aryl methyl sites for hydroxylation is 1. The number of carbonyl (C=O) groups excluding carboxylic acids is 1. The van der Waals surface area contributed by atoms with Gasteiger partial charge in [-0.15, -0.1) is 0 Å². The highest BCUT2D eigenvalue weighted by molar-refractivity contribution is 6.31. The molecular formula is C24H26ClF3N6O3. The van der Waals surface area contributed by atoms with Crippen LogP contribution in [0.4, 0.5) is 18.9 Å². The van der Waals surface area contributed by atoms with Crippen molar-refractivity contribution in [3.05, 3.63) is 58.1 Å². The van der Waals surface area contributed by atoms with Crippen molar-refractivity contribution in [3.8, 4) is 0 Å². The van der Waals surface area contributed by atoms with Gasteiger partial charge in [-0.3, -0.25) is 4.79 Å². The van der Waals surface area contributed by atoms with Crippen molar-refractivity contribution in [2.75, 3.05) is 11.9 Å². The molecule has 0 saturated heterocycles. The van der Waals surface area contributed by atoms with Crippen LogP contribution in [0.2, 0.25) is 5.02 Å². The summed E-state index contributed by atoms with van der Waals surface area (Å²) in [5.41, 5.74) is -0.886. The summed E-state index contributed by atoms with van der Waals surface area (Å²) in [7, 11) is 1.71. The molecule has 3 aromatic rings. The molecule has 3 N–H and O–H groups in total. The number of alkyl halides is 2. The number of nitrogens with zero attached hydrogens (tertiary/aromatic N) is 5. The van der Waals surface area contributed by atoms with E-state index in [0.717, 1.165) is 4.80 Å². The topological polar surface area (TPSA) is 118 Å². The largest absolute Gasteiger partial charge is 0.394 e. The molecular weight excluding hydrogens is 513 g/mol. The second kappa shape index (κ2) is 9.73. The summed E-state index contributed by atoms with van der Waals surface area (Å²) in [6, 6.07) is 3.92. The highest BCUT2D eigenvalue weighted by Crippen LogP contribution is 2.57. The molecule has 0 bridgehead atoms. The number of imidazole rings is 1. The zero-order valence-corrected chi connectivity index (χ0v) is 20.7. The van der Waals surface area contributed by atoms with Crippen molar-refractivity contribution in [2.45, 2.75) is 50.2 Å². The molecule has 1 amide bonds. The number of aliphatic hydroxyl groups excluding tert-OH is 1. The molecule has 2 aliphatic carbocycles. The number of fused-ring (bicyclic) bond motifs is 1. The fourth-order valence-electron chi connectivity index (χ4n) is 5.90. The van der Waals surface area contributed by atoms with Crippen LogP contribution in [-0.4, -0.2) is 47.3 Å². The Kier molecular flexibility index (Phi) is 6.75. The number of aliphatic hydroxyl groups is 2. The molecule has 2 aliphatic rings. The van der Waals surface area contributed by atoms with E-state index in [1.54, 1.807) is 17.9 Å². The molecule has 13 heteroatoms. The van der Waals surface area contributed by atoms with Crippen LogP contribution in [0, 0.1) is 17.7 Å². The first-order chi connectivity index (χ1) is 17.6. The van der Waals surface area contributed by atoms with E-state index in [1.165, 1.54) is 18.2 Å². The number of hydrogen-bond acceptors (Lipinski definition) is 6. The van der Waals surface area contributed by atoms with Crippen molar-refractivity contribution >= 4 is 23.2 Å². The lowest BCUT2D eigenvalue weighted by Crippen LogP contribution is -2.26. The summed E-state index contributed by atoms with van der Waals surface area (Å²) in [5.74, 6) is -1.00. The Balaban J connectivity index is 1.33. The van der Waals surface area contributed by atoms with Gasteiger partial charge in [0.1, 0.15) is 22.8 Å². The van der Waals surface area contributed by atoms with Gasteiger partial charge in [-0.05, 0) is 55.7 Å². The molecule has 198 valence electrons. The highest BCUT2D eigenvalue weighted by atomic mass is 35.5. The third-order valence-electron chi connectivity index (χ3n) is 7.41. The van der Waals surface area contributed by atoms with Gasteiger partial charge in [-0.1, -0.05) is 11.6 Å². The minimum atomic E-state index is -2.90. The van der Waals surface area contributed by atoms with Crippen LogP contribution in [0.5, 0.6) is 0 Å². The number of amides is 1. The highest BCUT2D eigenvalue weighted by Gasteiger charge is 2.53. The Morgan fingerprint density at radius 2 is 1.97 bits per heavy atom. The zero-order valence-electron chi connectivity index (χ0n) is 19.9. The molecule has 2 atom stereocenters. The average Bonchev–Trinajstić information content (AvgIpc) is 3.58. The second-order valence-electron chi connectivity index (χ2n) is 9.85. The molecule has 2 fully saturated rings. The molecule has 2 heterocycles. The Bertz CT molecular complexity index is 1320. The summed E-state index contributed by atoms with van der Waals surface area (Å²) in [4.78, 5) is 18.6. The maximum atomic E-state index is 13.6. The summed E-state index contributed by atoms with van der Waals surface area (Å²) >= 11 is 5.83. The SMILES string of the molecule is Cn1cnc(C2CC3CC(O)(c4nn(CCO)nc4C(F)F)CC3C2)c1C(=O)Nc1ccc(F)c(Cl)c1. The lowest BCUT2D eigenvalue weighted by Gasteiger charge is -2.23. The monoisotopic (exact) mass is 538 g/mol. The van der Waals surface area contributed by atoms with Crippen LogP contribution in [0.1, 0.15) is 65.6 Å². The van der Waals surface area contributed by atoms with Crippen LogP contribution in [0.3, 0.4) is 0 Å². The van der Waals surface area contributed by atoms with Crippen molar-refractivity contribution in [3.63, 3.8) is 0 Å². The Morgan fingerprint density at radius 1 is 1.27 bits per heavy atom. The Morgan fingerprint density at radius 3 is 2.59 bits per heavy atom. The van der Waals surface area contributed by atoms with Gasteiger partial charge in [0.05, 0.1) is 30.2 Å². The standard InChI is InChI=1S/C24H26ClF3N6O3/c1-33-11-29-18(20(33)23(36)30-15-2-3-17(26)16(25)8-15)12-6-13-9-24(37,10-14(13)7-12)21-19(22(27)28)31-34(32-21)4-5-35/h2-3,8,11-14,22,35,37H,4-7,9-10H2,1H3,(H,30,36). The number of aromatic nitrogens is 5. The Hall–Kier alpha value is -2.96. The normalized spacial score (nSPS) is 25.1. The van der Waals surface area contributed by atoms with Crippen LogP contribution in [0.15, 0.2) is 24.5 Å². The van der Waals surface area contributed by atoms with E-state index in [1.807, 2.05) is 0 Å². The Labute approximate surface area is 215 Å². The zero-order chi connectivity index (χ0) is 26.5. The number of benzene rings is 1. The van der Waals surface area contributed by atoms with E-state index in [2.05, 4.69) is 20.5 Å². The van der Waals surface area contributed by atoms with E-state index in [-0.39, 0.29) is 54.5 Å². The van der Waals surface area contributed by atoms with Crippen molar-refractivity contribution < 1.29 is 28.2 Å². The summed E-state index contributed by atoms with van der Waals surface area (Å²) in [6.45, 7) is -0.351. The second-order valence-corrected chi connectivity index (χ2v) is 10.3. The van der Waals surface area contributed by atoms with Gasteiger partial charge in [-0.25, -0.2) is 18.2 Å². The number of rotatable bonds is 7. The number of carbonyl (C=O) groups is 1. The van der Waals surface area contributed by atoms with Gasteiger partial charge in [0.15, 0.2) is 5.69 Å². The number of halogens is 4. The quantitative estimate of drug-likeness (QED) is 0.421. The smallest absolute Gasteiger partial charge is 0.284 e. The predicted octanol–water partition coefficient (Wildman–Crippen LogP) is 3.78. The van der Waals surface area contributed by atoms with Crippen LogP contribution in [-0.2, 0) is 19.2 Å². The molecule has 2 unspecified atom stereocenters. The lowest BCUT2D eigenvalue weighted by atomic mass is 9.89. The van der Waals surface area contributed by atoms with Crippen LogP contribution >= 0.6 is 11.6 Å². The fourth-order valence-corrected chi connectivity index (χ4v) is 6.08. The van der Waals surface area contributed by atoms with Crippen molar-refractivity contribution in [1.29, 1.82) is 0 Å². The lowest BCUT2D eigenvalue weighted by molar-refractivity contribution is 0.0242. The molecule has 5 rings (SSSR count). The first-order valence-electron chi connectivity index (χ1n) is 11.9. The summed E-state index contributed by atoms with van der Waals surface area (Å²) < 4.78 is 42.4. The van der Waals surface area contributed by atoms with Gasteiger partial charge in [0.25, 0.3) is 12.3 Å². The molecule has 9 nitrogen and oxygen atoms in total. The van der Waals surface area contributed by atoms with Crippen LogP contribution < -0.4 is 5.32 Å². The molecule has 1 aromatic carbocycles. The molecule has 2 saturated carbocycles. The number of hydrogen-bond donors (Lipinski definition) is 3. The van der Waals surface area contributed by atoms with Crippen molar-refractivity contribution in [2.24, 2.45) is 18.9 Å². The van der Waals surface area contributed by atoms with Gasteiger partial charge in [0, 0.05) is 18.7 Å². The molecule has 0 radical (unpaired) electrons. The maximum absolute atomic E-state index is 13.6. The average molecular weight is 539 g/mol. The van der Waals surface area contributed by atoms with E-state index >= 15 is 0 Å². The first-order valence-corrected chi connectivity index (χ1v) is 12.3. The van der Waals surface area contributed by atoms with Crippen LogP contribution in [0.25, 0.3) is 0 Å². The van der Waals surface area contributed by atoms with Gasteiger partial charge >= 0.3 is 0 Å². The molecule has 0 spiro atoms. The molecule has 37 heavy (non-hydrogen) atoms. The third-order valence-corrected chi connectivity index (χ3v) is 7.70. The first kappa shape index (κ1) is 25.7. The minimum absolute atomic E-state index is 0.0253. The minimum Gasteiger partial charge on any atom is -0.394 e. The maximum Gasteiger partial charge on any atom is 0.284 e. The number of nitrogens with one attached hydrogen (secondary N) is 1. The summed E-state index contributed by atoms with van der Waals surface area (Å²) in [5, 5.41) is 31.0. The van der Waals surface area contributed by atoms with Gasteiger partial charge in [0.2, 0.25) is 0 Å². The third kappa shape index (κ3) is 4.73. The van der Waals surface area contributed by atoms with E-state index in [4.69, 9.17) is 16.7 Å².